The minimum absolute atomic E-state index is 0.00417. The first-order chi connectivity index (χ1) is 10.6. The number of likely N-dealkylation sites (N-methyl/N-ethyl adjacent to an activating group) is 1. The maximum Gasteiger partial charge on any atom is 0.317 e. The number of rotatable bonds is 8. The Morgan fingerprint density at radius 1 is 1.32 bits per heavy atom. The number of hydrogen-bond acceptors (Lipinski definition) is 3. The molecule has 1 N–H and O–H groups in total. The van der Waals surface area contributed by atoms with Gasteiger partial charge in [-0.1, -0.05) is 0 Å². The van der Waals surface area contributed by atoms with Crippen molar-refractivity contribution in [2.75, 3.05) is 46.9 Å². The number of hydrogen-bond donors (Lipinski definition) is 1. The minimum atomic E-state index is 0.00417. The van der Waals surface area contributed by atoms with Crippen LogP contribution in [0.15, 0.2) is 24.5 Å². The van der Waals surface area contributed by atoms with Crippen LogP contribution < -0.4 is 5.32 Å². The highest BCUT2D eigenvalue weighted by atomic mass is 16.5. The standard InChI is InChI=1S/C16H28N4O2/c1-18(2)11-12-20(14-15-6-5-13-22-15)16(21)17-7-10-19-8-3-4-9-19/h3-4,8-9,15H,5-7,10-14H2,1-2H3,(H,17,21)/t15-/m0/s1. The summed E-state index contributed by atoms with van der Waals surface area (Å²) >= 11 is 0. The summed E-state index contributed by atoms with van der Waals surface area (Å²) in [6, 6.07) is 3.98. The third-order valence-corrected chi connectivity index (χ3v) is 3.86. The van der Waals surface area contributed by atoms with E-state index in [1.165, 1.54) is 0 Å². The number of ether oxygens (including phenoxy) is 1. The molecule has 0 unspecified atom stereocenters. The second kappa shape index (κ2) is 8.80. The first-order valence-electron chi connectivity index (χ1n) is 8.05. The SMILES string of the molecule is CN(C)CCN(C[C@@H]1CCCO1)C(=O)NCCn1cccc1. The number of amides is 2. The Hall–Kier alpha value is -1.53. The molecule has 2 amide bonds. The molecule has 0 aliphatic carbocycles. The van der Waals surface area contributed by atoms with Gasteiger partial charge in [0.15, 0.2) is 0 Å². The molecule has 1 atom stereocenters. The summed E-state index contributed by atoms with van der Waals surface area (Å²) in [5.74, 6) is 0. The van der Waals surface area contributed by atoms with E-state index in [1.54, 1.807) is 0 Å². The minimum Gasteiger partial charge on any atom is -0.376 e. The fourth-order valence-electron chi connectivity index (χ4n) is 2.55. The van der Waals surface area contributed by atoms with Gasteiger partial charge in [0.25, 0.3) is 0 Å². The first-order valence-corrected chi connectivity index (χ1v) is 8.05. The van der Waals surface area contributed by atoms with Crippen LogP contribution in [0, 0.1) is 0 Å². The van der Waals surface area contributed by atoms with Gasteiger partial charge in [0.05, 0.1) is 6.10 Å². The zero-order valence-electron chi connectivity index (χ0n) is 13.7. The molecule has 1 saturated heterocycles. The molecule has 2 heterocycles. The quantitative estimate of drug-likeness (QED) is 0.786. The van der Waals surface area contributed by atoms with Gasteiger partial charge in [-0.2, -0.15) is 0 Å². The van der Waals surface area contributed by atoms with Crippen LogP contribution in [0.4, 0.5) is 4.79 Å². The molecule has 0 bridgehead atoms. The number of nitrogens with zero attached hydrogens (tertiary/aromatic N) is 3. The van der Waals surface area contributed by atoms with Crippen molar-refractivity contribution < 1.29 is 9.53 Å². The lowest BCUT2D eigenvalue weighted by Gasteiger charge is -2.27. The molecule has 22 heavy (non-hydrogen) atoms. The number of nitrogens with one attached hydrogen (secondary N) is 1. The fourth-order valence-corrected chi connectivity index (χ4v) is 2.55. The average Bonchev–Trinajstić information content (AvgIpc) is 3.16. The lowest BCUT2D eigenvalue weighted by atomic mass is 10.2. The fraction of sp³-hybridized carbons (Fsp3) is 0.688. The maximum atomic E-state index is 12.4. The molecular formula is C16H28N4O2. The van der Waals surface area contributed by atoms with E-state index in [0.717, 1.165) is 39.1 Å². The van der Waals surface area contributed by atoms with Gasteiger partial charge < -0.3 is 24.4 Å². The van der Waals surface area contributed by atoms with Crippen LogP contribution in [0.2, 0.25) is 0 Å². The molecule has 1 aromatic heterocycles. The van der Waals surface area contributed by atoms with Crippen LogP contribution in [0.5, 0.6) is 0 Å². The molecule has 0 spiro atoms. The highest BCUT2D eigenvalue weighted by Gasteiger charge is 2.22. The van der Waals surface area contributed by atoms with E-state index in [1.807, 2.05) is 43.5 Å². The van der Waals surface area contributed by atoms with Gasteiger partial charge in [-0.05, 0) is 39.1 Å². The van der Waals surface area contributed by atoms with Crippen molar-refractivity contribution in [3.63, 3.8) is 0 Å². The summed E-state index contributed by atoms with van der Waals surface area (Å²) in [5.41, 5.74) is 0. The monoisotopic (exact) mass is 308 g/mol. The van der Waals surface area contributed by atoms with Crippen molar-refractivity contribution in [2.24, 2.45) is 0 Å². The molecule has 1 aliphatic rings. The van der Waals surface area contributed by atoms with Crippen molar-refractivity contribution in [2.45, 2.75) is 25.5 Å². The van der Waals surface area contributed by atoms with E-state index < -0.39 is 0 Å². The summed E-state index contributed by atoms with van der Waals surface area (Å²) in [4.78, 5) is 16.4. The Kier molecular flexibility index (Phi) is 6.74. The molecule has 6 nitrogen and oxygen atoms in total. The van der Waals surface area contributed by atoms with E-state index in [-0.39, 0.29) is 12.1 Å². The zero-order valence-corrected chi connectivity index (χ0v) is 13.7. The second-order valence-corrected chi connectivity index (χ2v) is 6.04. The van der Waals surface area contributed by atoms with Crippen molar-refractivity contribution in [1.29, 1.82) is 0 Å². The average molecular weight is 308 g/mol. The lowest BCUT2D eigenvalue weighted by molar-refractivity contribution is 0.0796. The smallest absolute Gasteiger partial charge is 0.317 e. The van der Waals surface area contributed by atoms with Crippen molar-refractivity contribution in [1.82, 2.24) is 19.7 Å². The summed E-state index contributed by atoms with van der Waals surface area (Å²) < 4.78 is 7.72. The van der Waals surface area contributed by atoms with E-state index in [4.69, 9.17) is 4.74 Å². The Morgan fingerprint density at radius 3 is 2.73 bits per heavy atom. The van der Waals surface area contributed by atoms with Gasteiger partial charge >= 0.3 is 6.03 Å². The third-order valence-electron chi connectivity index (χ3n) is 3.86. The summed E-state index contributed by atoms with van der Waals surface area (Å²) in [5, 5.41) is 3.01. The Bertz CT molecular complexity index is 427. The van der Waals surface area contributed by atoms with Gasteiger partial charge in [0, 0.05) is 51.7 Å². The highest BCUT2D eigenvalue weighted by molar-refractivity contribution is 5.74. The third kappa shape index (κ3) is 5.69. The molecule has 0 radical (unpaired) electrons. The molecule has 124 valence electrons. The number of urea groups is 1. The van der Waals surface area contributed by atoms with E-state index in [0.29, 0.717) is 13.1 Å². The van der Waals surface area contributed by atoms with Crippen LogP contribution in [-0.4, -0.2) is 73.4 Å². The number of carbonyl (C=O) groups is 1. The van der Waals surface area contributed by atoms with Crippen LogP contribution in [0.3, 0.4) is 0 Å². The van der Waals surface area contributed by atoms with Gasteiger partial charge in [-0.25, -0.2) is 4.79 Å². The Morgan fingerprint density at radius 2 is 2.09 bits per heavy atom. The molecule has 6 heteroatoms. The van der Waals surface area contributed by atoms with Crippen LogP contribution in [0.25, 0.3) is 0 Å². The van der Waals surface area contributed by atoms with Gasteiger partial charge in [-0.3, -0.25) is 0 Å². The lowest BCUT2D eigenvalue weighted by Crippen LogP contribution is -2.47. The molecular weight excluding hydrogens is 280 g/mol. The van der Waals surface area contributed by atoms with Crippen molar-refractivity contribution in [3.05, 3.63) is 24.5 Å². The molecule has 1 aliphatic heterocycles. The Balaban J connectivity index is 1.78. The molecule has 2 rings (SSSR count). The van der Waals surface area contributed by atoms with Crippen molar-refractivity contribution in [3.8, 4) is 0 Å². The highest BCUT2D eigenvalue weighted by Crippen LogP contribution is 2.13. The molecule has 0 saturated carbocycles. The predicted molar refractivity (Wildman–Crippen MR) is 86.9 cm³/mol. The largest absolute Gasteiger partial charge is 0.376 e. The molecule has 1 fully saturated rings. The maximum absolute atomic E-state index is 12.4. The van der Waals surface area contributed by atoms with Gasteiger partial charge in [0.2, 0.25) is 0 Å². The van der Waals surface area contributed by atoms with Gasteiger partial charge in [0.1, 0.15) is 0 Å². The summed E-state index contributed by atoms with van der Waals surface area (Å²) in [6.45, 7) is 4.52. The molecule has 1 aromatic rings. The van der Waals surface area contributed by atoms with Gasteiger partial charge in [-0.15, -0.1) is 0 Å². The number of carbonyl (C=O) groups excluding carboxylic acids is 1. The van der Waals surface area contributed by atoms with Crippen LogP contribution >= 0.6 is 0 Å². The summed E-state index contributed by atoms with van der Waals surface area (Å²) in [6.07, 6.45) is 6.35. The normalized spacial score (nSPS) is 17.9. The summed E-state index contributed by atoms with van der Waals surface area (Å²) in [7, 11) is 4.04. The van der Waals surface area contributed by atoms with Crippen molar-refractivity contribution >= 4 is 6.03 Å². The topological polar surface area (TPSA) is 49.7 Å². The number of aromatic nitrogens is 1. The first kappa shape index (κ1) is 16.8. The van der Waals surface area contributed by atoms with E-state index in [2.05, 4.69) is 14.8 Å². The molecule has 0 aromatic carbocycles. The zero-order chi connectivity index (χ0) is 15.8. The van der Waals surface area contributed by atoms with Crippen LogP contribution in [-0.2, 0) is 11.3 Å². The predicted octanol–water partition coefficient (Wildman–Crippen LogP) is 1.24. The van der Waals surface area contributed by atoms with Crippen LogP contribution in [0.1, 0.15) is 12.8 Å². The van der Waals surface area contributed by atoms with E-state index >= 15 is 0 Å². The Labute approximate surface area is 133 Å². The second-order valence-electron chi connectivity index (χ2n) is 6.04. The van der Waals surface area contributed by atoms with E-state index in [9.17, 15) is 4.79 Å².